The number of likely N-dealkylation sites (tertiary alicyclic amines) is 1. The minimum Gasteiger partial charge on any atom is -0.493 e. The van der Waals surface area contributed by atoms with E-state index in [1.165, 1.54) is 23.4 Å². The summed E-state index contributed by atoms with van der Waals surface area (Å²) >= 11 is 0. The van der Waals surface area contributed by atoms with Crippen molar-refractivity contribution in [2.24, 2.45) is 0 Å². The molecule has 0 saturated carbocycles. The highest BCUT2D eigenvalue weighted by atomic mass is 32.2. The van der Waals surface area contributed by atoms with E-state index in [1.807, 2.05) is 37.3 Å². The molecule has 1 fully saturated rings. The summed E-state index contributed by atoms with van der Waals surface area (Å²) in [7, 11) is -0.282. The van der Waals surface area contributed by atoms with Gasteiger partial charge in [0.2, 0.25) is 10.0 Å². The number of methoxy groups -OCH3 is 2. The van der Waals surface area contributed by atoms with E-state index in [0.717, 1.165) is 30.9 Å². The fourth-order valence-electron chi connectivity index (χ4n) is 4.69. The highest BCUT2D eigenvalue weighted by molar-refractivity contribution is 7.92. The molecule has 9 nitrogen and oxygen atoms in total. The topological polar surface area (TPSA) is 100 Å². The number of amides is 1. The number of nitrogens with one attached hydrogen (secondary N) is 2. The Morgan fingerprint density at radius 1 is 1.11 bits per heavy atom. The van der Waals surface area contributed by atoms with Gasteiger partial charge in [-0.25, -0.2) is 8.42 Å². The Balaban J connectivity index is 1.47. The predicted octanol–water partition coefficient (Wildman–Crippen LogP) is 3.40. The molecule has 0 aliphatic carbocycles. The summed E-state index contributed by atoms with van der Waals surface area (Å²) in [6, 6.07) is 10.7. The molecule has 1 amide bonds. The van der Waals surface area contributed by atoms with E-state index in [0.29, 0.717) is 35.0 Å². The van der Waals surface area contributed by atoms with Crippen LogP contribution in [0.15, 0.2) is 42.5 Å². The summed E-state index contributed by atoms with van der Waals surface area (Å²) in [6.07, 6.45) is 5.44. The smallest absolute Gasteiger partial charge is 0.256 e. The number of rotatable bonds is 10. The average Bonchev–Trinajstić information content (AvgIpc) is 3.46. The Labute approximate surface area is 213 Å². The van der Waals surface area contributed by atoms with Crippen LogP contribution in [0.5, 0.6) is 11.5 Å². The lowest BCUT2D eigenvalue weighted by Crippen LogP contribution is -2.37. The Morgan fingerprint density at radius 3 is 2.36 bits per heavy atom. The number of benzene rings is 2. The fraction of sp³-hybridized carbons (Fsp3) is 0.423. The van der Waals surface area contributed by atoms with Crippen molar-refractivity contribution in [2.75, 3.05) is 61.6 Å². The average molecular weight is 515 g/mol. The van der Waals surface area contributed by atoms with Crippen LogP contribution in [0.2, 0.25) is 0 Å². The van der Waals surface area contributed by atoms with Gasteiger partial charge in [-0.15, -0.1) is 0 Å². The maximum Gasteiger partial charge on any atom is 0.256 e. The van der Waals surface area contributed by atoms with E-state index >= 15 is 0 Å². The van der Waals surface area contributed by atoms with Gasteiger partial charge in [-0.1, -0.05) is 0 Å². The van der Waals surface area contributed by atoms with Crippen LogP contribution in [0.1, 0.15) is 25.3 Å². The van der Waals surface area contributed by atoms with Crippen LogP contribution in [-0.2, 0) is 14.8 Å². The number of carbonyl (C=O) groups excluding carboxylic acids is 1. The summed E-state index contributed by atoms with van der Waals surface area (Å²) in [6.45, 7) is 5.15. The molecule has 2 aliphatic heterocycles. The Hall–Kier alpha value is -3.24. The van der Waals surface area contributed by atoms with Gasteiger partial charge in [0, 0.05) is 42.0 Å². The van der Waals surface area contributed by atoms with Crippen molar-refractivity contribution in [1.29, 1.82) is 0 Å². The van der Waals surface area contributed by atoms with Crippen molar-refractivity contribution in [3.8, 4) is 11.5 Å². The lowest BCUT2D eigenvalue weighted by atomic mass is 10.0. The fourth-order valence-corrected chi connectivity index (χ4v) is 5.60. The first-order valence-electron chi connectivity index (χ1n) is 12.1. The molecule has 2 heterocycles. The van der Waals surface area contributed by atoms with Crippen LogP contribution < -0.4 is 24.4 Å². The van der Waals surface area contributed by atoms with Crippen LogP contribution >= 0.6 is 0 Å². The van der Waals surface area contributed by atoms with Gasteiger partial charge < -0.3 is 25.0 Å². The number of sulfonamides is 1. The minimum atomic E-state index is -3.39. The maximum absolute atomic E-state index is 12.6. The molecule has 4 rings (SSSR count). The van der Waals surface area contributed by atoms with E-state index in [1.54, 1.807) is 26.4 Å². The number of carbonyl (C=O) groups is 1. The van der Waals surface area contributed by atoms with Crippen molar-refractivity contribution in [3.63, 3.8) is 0 Å². The van der Waals surface area contributed by atoms with Gasteiger partial charge in [0.1, 0.15) is 0 Å². The number of hydrogen-bond acceptors (Lipinski definition) is 7. The Morgan fingerprint density at radius 2 is 1.75 bits per heavy atom. The minimum absolute atomic E-state index is 0.170. The molecule has 1 unspecified atom stereocenters. The van der Waals surface area contributed by atoms with Gasteiger partial charge in [0.25, 0.3) is 5.91 Å². The summed E-state index contributed by atoms with van der Waals surface area (Å²) < 4.78 is 37.1. The summed E-state index contributed by atoms with van der Waals surface area (Å²) in [4.78, 5) is 14.9. The van der Waals surface area contributed by atoms with Crippen LogP contribution in [0.3, 0.4) is 0 Å². The normalized spacial score (nSPS) is 17.6. The number of nitrogens with zero attached hydrogens (tertiary/aromatic N) is 2. The second-order valence-corrected chi connectivity index (χ2v) is 11.1. The third-order valence-corrected chi connectivity index (χ3v) is 7.69. The van der Waals surface area contributed by atoms with Crippen LogP contribution in [-0.4, -0.2) is 71.9 Å². The van der Waals surface area contributed by atoms with Gasteiger partial charge in [0.05, 0.1) is 31.9 Å². The number of fused-ring (bicyclic) bond motifs is 1. The van der Waals surface area contributed by atoms with Crippen molar-refractivity contribution in [3.05, 3.63) is 48.0 Å². The molecule has 10 heteroatoms. The summed E-state index contributed by atoms with van der Waals surface area (Å²) in [5.41, 5.74) is 3.44. The first-order valence-corrected chi connectivity index (χ1v) is 13.9. The second-order valence-electron chi connectivity index (χ2n) is 9.15. The first kappa shape index (κ1) is 25.8. The van der Waals surface area contributed by atoms with Crippen molar-refractivity contribution < 1.29 is 22.7 Å². The molecule has 1 saturated heterocycles. The third-order valence-electron chi connectivity index (χ3n) is 6.49. The second kappa shape index (κ2) is 10.8. The highest BCUT2D eigenvalue weighted by Crippen LogP contribution is 2.40. The largest absolute Gasteiger partial charge is 0.493 e. The van der Waals surface area contributed by atoms with Crippen LogP contribution in [0.4, 0.5) is 17.1 Å². The van der Waals surface area contributed by atoms with Crippen LogP contribution in [0, 0.1) is 0 Å². The molecule has 194 valence electrons. The van der Waals surface area contributed by atoms with E-state index in [9.17, 15) is 13.2 Å². The van der Waals surface area contributed by atoms with Crippen molar-refractivity contribution in [1.82, 2.24) is 4.90 Å². The zero-order valence-electron chi connectivity index (χ0n) is 21.2. The molecule has 0 bridgehead atoms. The van der Waals surface area contributed by atoms with Crippen molar-refractivity contribution in [2.45, 2.75) is 25.8 Å². The SMILES string of the molecule is COc1cc2c(cc1OC)C(=CC(C)Nc1ccc(N(CCN3CCCC3)S(C)(=O)=O)cc1)C(=O)N2. The quantitative estimate of drug-likeness (QED) is 0.469. The molecule has 0 aromatic heterocycles. The highest BCUT2D eigenvalue weighted by Gasteiger charge is 2.27. The molecule has 2 N–H and O–H groups in total. The lowest BCUT2D eigenvalue weighted by molar-refractivity contribution is -0.110. The van der Waals surface area contributed by atoms with E-state index in [-0.39, 0.29) is 11.9 Å². The standard InChI is InChI=1S/C26H34N4O5S/c1-18(15-22-21-16-24(34-2)25(35-3)17-23(21)28-26(22)31)27-19-7-9-20(10-8-19)30(36(4,32)33)14-13-29-11-5-6-12-29/h7-10,15-18,27H,5-6,11-14H2,1-4H3,(H,28,31). The zero-order chi connectivity index (χ0) is 25.9. The summed E-state index contributed by atoms with van der Waals surface area (Å²) in [5, 5.41) is 6.24. The number of hydrogen-bond donors (Lipinski definition) is 2. The van der Waals surface area contributed by atoms with Gasteiger partial charge in [-0.05, 0) is 69.3 Å². The molecule has 2 aromatic rings. The molecule has 1 atom stereocenters. The van der Waals surface area contributed by atoms with Crippen LogP contribution in [0.25, 0.3) is 5.57 Å². The first-order chi connectivity index (χ1) is 17.2. The van der Waals surface area contributed by atoms with E-state index in [2.05, 4.69) is 15.5 Å². The molecule has 36 heavy (non-hydrogen) atoms. The molecular weight excluding hydrogens is 480 g/mol. The maximum atomic E-state index is 12.6. The molecule has 2 aliphatic rings. The van der Waals surface area contributed by atoms with Gasteiger partial charge in [-0.3, -0.25) is 9.10 Å². The third kappa shape index (κ3) is 5.76. The Kier molecular flexibility index (Phi) is 7.75. The monoisotopic (exact) mass is 514 g/mol. The van der Waals surface area contributed by atoms with E-state index in [4.69, 9.17) is 9.47 Å². The number of anilines is 3. The van der Waals surface area contributed by atoms with Crippen molar-refractivity contribution >= 4 is 38.6 Å². The van der Waals surface area contributed by atoms with E-state index < -0.39 is 10.0 Å². The molecule has 0 spiro atoms. The van der Waals surface area contributed by atoms with Gasteiger partial charge >= 0.3 is 0 Å². The Bertz CT molecular complexity index is 1240. The lowest BCUT2D eigenvalue weighted by Gasteiger charge is -2.25. The van der Waals surface area contributed by atoms with Gasteiger partial charge in [-0.2, -0.15) is 0 Å². The number of ether oxygens (including phenoxy) is 2. The molecular formula is C26H34N4O5S. The molecule has 2 aromatic carbocycles. The predicted molar refractivity (Wildman–Crippen MR) is 144 cm³/mol. The summed E-state index contributed by atoms with van der Waals surface area (Å²) in [5.74, 6) is 0.911. The zero-order valence-corrected chi connectivity index (χ0v) is 22.0. The van der Waals surface area contributed by atoms with Gasteiger partial charge in [0.15, 0.2) is 11.5 Å². The molecule has 0 radical (unpaired) electrons.